The molecular formula is C16H24N2O2S. The van der Waals surface area contributed by atoms with Crippen LogP contribution in [0, 0.1) is 12.8 Å². The van der Waals surface area contributed by atoms with Crippen molar-refractivity contribution in [1.82, 2.24) is 10.0 Å². The van der Waals surface area contributed by atoms with Crippen LogP contribution in [0.3, 0.4) is 0 Å². The van der Waals surface area contributed by atoms with Gasteiger partial charge in [-0.05, 0) is 61.8 Å². The molecule has 0 heterocycles. The van der Waals surface area contributed by atoms with E-state index in [9.17, 15) is 8.42 Å². The average Bonchev–Trinajstić information content (AvgIpc) is 3.19. The van der Waals surface area contributed by atoms with Crippen molar-refractivity contribution in [2.75, 3.05) is 0 Å². The molecule has 0 unspecified atom stereocenters. The van der Waals surface area contributed by atoms with Crippen molar-refractivity contribution in [2.24, 2.45) is 5.92 Å². The maximum absolute atomic E-state index is 12.4. The molecule has 0 bridgehead atoms. The predicted octanol–water partition coefficient (Wildman–Crippen LogP) is 2.32. The fourth-order valence-electron chi connectivity index (χ4n) is 2.83. The van der Waals surface area contributed by atoms with E-state index in [2.05, 4.69) is 17.0 Å². The number of hydrogen-bond acceptors (Lipinski definition) is 3. The normalized spacial score (nSPS) is 25.6. The highest BCUT2D eigenvalue weighted by Crippen LogP contribution is 2.28. The third-order valence-corrected chi connectivity index (χ3v) is 6.00. The van der Waals surface area contributed by atoms with E-state index in [1.807, 2.05) is 19.1 Å². The molecule has 5 heteroatoms. The Hall–Kier alpha value is -0.910. The van der Waals surface area contributed by atoms with Crippen LogP contribution >= 0.6 is 0 Å². The minimum absolute atomic E-state index is 0.111. The summed E-state index contributed by atoms with van der Waals surface area (Å²) in [5.74, 6) is 0.633. The number of hydrogen-bond donors (Lipinski definition) is 2. The summed E-state index contributed by atoms with van der Waals surface area (Å²) in [5.41, 5.74) is 2.21. The SMILES string of the molecule is Cc1ccc(S(=O)(=O)NC2CC(C)C2)cc1CNC1CC1. The van der Waals surface area contributed by atoms with E-state index in [-0.39, 0.29) is 6.04 Å². The zero-order valence-corrected chi connectivity index (χ0v) is 13.5. The van der Waals surface area contributed by atoms with Gasteiger partial charge in [0.2, 0.25) is 10.0 Å². The number of aryl methyl sites for hydroxylation is 1. The van der Waals surface area contributed by atoms with Crippen molar-refractivity contribution in [1.29, 1.82) is 0 Å². The molecule has 2 N–H and O–H groups in total. The smallest absolute Gasteiger partial charge is 0.240 e. The molecule has 0 amide bonds. The van der Waals surface area contributed by atoms with Crippen molar-refractivity contribution in [2.45, 2.75) is 63.1 Å². The molecule has 2 aliphatic carbocycles. The third kappa shape index (κ3) is 3.65. The number of rotatable bonds is 6. The summed E-state index contributed by atoms with van der Waals surface area (Å²) in [4.78, 5) is 0.389. The Balaban J connectivity index is 1.72. The highest BCUT2D eigenvalue weighted by atomic mass is 32.2. The van der Waals surface area contributed by atoms with Gasteiger partial charge in [-0.3, -0.25) is 0 Å². The van der Waals surface area contributed by atoms with Gasteiger partial charge in [0.1, 0.15) is 0 Å². The third-order valence-electron chi connectivity index (χ3n) is 4.49. The summed E-state index contributed by atoms with van der Waals surface area (Å²) in [6, 6.07) is 6.16. The van der Waals surface area contributed by atoms with Crippen LogP contribution in [0.25, 0.3) is 0 Å². The topological polar surface area (TPSA) is 58.2 Å². The lowest BCUT2D eigenvalue weighted by Gasteiger charge is -2.32. The highest BCUT2D eigenvalue weighted by molar-refractivity contribution is 7.89. The van der Waals surface area contributed by atoms with Crippen LogP contribution < -0.4 is 10.0 Å². The molecule has 2 saturated carbocycles. The Bertz CT molecular complexity index is 617. The first-order valence-corrected chi connectivity index (χ1v) is 9.27. The first kappa shape index (κ1) is 15.0. The van der Waals surface area contributed by atoms with Crippen molar-refractivity contribution in [3.8, 4) is 0 Å². The second-order valence-corrected chi connectivity index (χ2v) is 8.35. The molecule has 0 spiro atoms. The molecule has 116 valence electrons. The predicted molar refractivity (Wildman–Crippen MR) is 83.5 cm³/mol. The lowest BCUT2D eigenvalue weighted by atomic mass is 9.83. The van der Waals surface area contributed by atoms with Crippen LogP contribution in [-0.4, -0.2) is 20.5 Å². The van der Waals surface area contributed by atoms with E-state index >= 15 is 0 Å². The van der Waals surface area contributed by atoms with Gasteiger partial charge in [0.25, 0.3) is 0 Å². The van der Waals surface area contributed by atoms with Crippen molar-refractivity contribution < 1.29 is 8.42 Å². The largest absolute Gasteiger partial charge is 0.310 e. The molecule has 0 aromatic heterocycles. The minimum Gasteiger partial charge on any atom is -0.310 e. The number of benzene rings is 1. The summed E-state index contributed by atoms with van der Waals surface area (Å²) >= 11 is 0. The minimum atomic E-state index is -3.38. The summed E-state index contributed by atoms with van der Waals surface area (Å²) in [6.07, 6.45) is 4.36. The van der Waals surface area contributed by atoms with Crippen LogP contribution in [0.4, 0.5) is 0 Å². The first-order valence-electron chi connectivity index (χ1n) is 7.79. The second-order valence-electron chi connectivity index (χ2n) is 6.64. The lowest BCUT2D eigenvalue weighted by molar-refractivity contribution is 0.270. The number of sulfonamides is 1. The van der Waals surface area contributed by atoms with Gasteiger partial charge in [0, 0.05) is 18.6 Å². The second kappa shape index (κ2) is 5.71. The van der Waals surface area contributed by atoms with E-state index in [0.717, 1.165) is 30.5 Å². The quantitative estimate of drug-likeness (QED) is 0.848. The van der Waals surface area contributed by atoms with Gasteiger partial charge in [-0.25, -0.2) is 13.1 Å². The number of nitrogens with one attached hydrogen (secondary N) is 2. The van der Waals surface area contributed by atoms with Crippen LogP contribution in [0.2, 0.25) is 0 Å². The summed E-state index contributed by atoms with van der Waals surface area (Å²) < 4.78 is 27.7. The summed E-state index contributed by atoms with van der Waals surface area (Å²) in [5, 5.41) is 3.45. The van der Waals surface area contributed by atoms with E-state index in [0.29, 0.717) is 16.9 Å². The van der Waals surface area contributed by atoms with Gasteiger partial charge in [-0.1, -0.05) is 13.0 Å². The highest BCUT2D eigenvalue weighted by Gasteiger charge is 2.30. The maximum atomic E-state index is 12.4. The lowest BCUT2D eigenvalue weighted by Crippen LogP contribution is -2.43. The van der Waals surface area contributed by atoms with Gasteiger partial charge in [-0.2, -0.15) is 0 Å². The van der Waals surface area contributed by atoms with Crippen molar-refractivity contribution >= 4 is 10.0 Å². The Morgan fingerprint density at radius 1 is 1.19 bits per heavy atom. The van der Waals surface area contributed by atoms with E-state index in [4.69, 9.17) is 0 Å². The van der Waals surface area contributed by atoms with E-state index < -0.39 is 10.0 Å². The molecule has 0 atom stereocenters. The zero-order chi connectivity index (χ0) is 15.0. The van der Waals surface area contributed by atoms with Crippen molar-refractivity contribution in [3.63, 3.8) is 0 Å². The fourth-order valence-corrected chi connectivity index (χ4v) is 4.15. The molecule has 1 aromatic carbocycles. The monoisotopic (exact) mass is 308 g/mol. The molecule has 4 nitrogen and oxygen atoms in total. The molecular weight excluding hydrogens is 284 g/mol. The Morgan fingerprint density at radius 2 is 1.90 bits per heavy atom. The molecule has 3 rings (SSSR count). The van der Waals surface area contributed by atoms with Gasteiger partial charge < -0.3 is 5.32 Å². The Kier molecular flexibility index (Phi) is 4.08. The molecule has 21 heavy (non-hydrogen) atoms. The molecule has 2 aliphatic rings. The molecule has 0 saturated heterocycles. The van der Waals surface area contributed by atoms with Gasteiger partial charge in [0.15, 0.2) is 0 Å². The maximum Gasteiger partial charge on any atom is 0.240 e. The summed E-state index contributed by atoms with van der Waals surface area (Å²) in [6.45, 7) is 4.93. The standard InChI is InChI=1S/C16H24N2O2S/c1-11-7-15(8-11)18-21(19,20)16-6-3-12(2)13(9-16)10-17-14-4-5-14/h3,6,9,11,14-15,17-18H,4-5,7-8,10H2,1-2H3. The first-order chi connectivity index (χ1) is 9.94. The zero-order valence-electron chi connectivity index (χ0n) is 12.7. The average molecular weight is 308 g/mol. The fraction of sp³-hybridized carbons (Fsp3) is 0.625. The molecule has 0 radical (unpaired) electrons. The van der Waals surface area contributed by atoms with Gasteiger partial charge >= 0.3 is 0 Å². The van der Waals surface area contributed by atoms with E-state index in [1.54, 1.807) is 6.07 Å². The van der Waals surface area contributed by atoms with Crippen LogP contribution in [0.1, 0.15) is 43.7 Å². The van der Waals surface area contributed by atoms with Crippen LogP contribution in [-0.2, 0) is 16.6 Å². The van der Waals surface area contributed by atoms with Crippen LogP contribution in [0.5, 0.6) is 0 Å². The van der Waals surface area contributed by atoms with Gasteiger partial charge in [0.05, 0.1) is 4.90 Å². The van der Waals surface area contributed by atoms with E-state index in [1.165, 1.54) is 12.8 Å². The molecule has 2 fully saturated rings. The molecule has 0 aliphatic heterocycles. The van der Waals surface area contributed by atoms with Crippen molar-refractivity contribution in [3.05, 3.63) is 29.3 Å². The molecule has 1 aromatic rings. The Morgan fingerprint density at radius 3 is 2.52 bits per heavy atom. The Labute approximate surface area is 127 Å². The van der Waals surface area contributed by atoms with Gasteiger partial charge in [-0.15, -0.1) is 0 Å². The van der Waals surface area contributed by atoms with Crippen LogP contribution in [0.15, 0.2) is 23.1 Å². The summed E-state index contributed by atoms with van der Waals surface area (Å²) in [7, 11) is -3.38.